The number of carbonyl (C=O) groups is 1. The molecule has 0 aliphatic heterocycles. The summed E-state index contributed by atoms with van der Waals surface area (Å²) >= 11 is 5.65. The van der Waals surface area contributed by atoms with E-state index in [9.17, 15) is 26.4 Å². The molecule has 0 bridgehead atoms. The molecule has 0 spiro atoms. The largest absolute Gasteiger partial charge is 0.273 e. The molecule has 0 fully saturated rings. The van der Waals surface area contributed by atoms with Gasteiger partial charge in [-0.25, -0.2) is 26.3 Å². The zero-order valence-corrected chi connectivity index (χ0v) is 14.7. The van der Waals surface area contributed by atoms with E-state index in [1.165, 1.54) is 26.0 Å². The summed E-state index contributed by atoms with van der Waals surface area (Å²) in [6.07, 6.45) is 0. The predicted molar refractivity (Wildman–Crippen MR) is 86.1 cm³/mol. The minimum absolute atomic E-state index is 0.0934. The molecule has 2 aromatic rings. The molecule has 4 nitrogen and oxygen atoms in total. The van der Waals surface area contributed by atoms with Gasteiger partial charge in [0.05, 0.1) is 5.41 Å². The van der Waals surface area contributed by atoms with Crippen LogP contribution in [0.5, 0.6) is 0 Å². The number of amides is 1. The molecule has 0 saturated heterocycles. The molecular weight excluding hydrogens is 379 g/mol. The highest BCUT2D eigenvalue weighted by Crippen LogP contribution is 2.28. The van der Waals surface area contributed by atoms with Crippen molar-refractivity contribution in [2.24, 2.45) is 0 Å². The smallest absolute Gasteiger partial charge is 0.266 e. The van der Waals surface area contributed by atoms with E-state index in [0.29, 0.717) is 12.1 Å². The quantitative estimate of drug-likeness (QED) is 0.867. The van der Waals surface area contributed by atoms with E-state index in [4.69, 9.17) is 11.6 Å². The molecule has 134 valence electrons. The Bertz CT molecular complexity index is 946. The predicted octanol–water partition coefficient (Wildman–Crippen LogP) is 3.54. The number of sulfonamides is 1. The van der Waals surface area contributed by atoms with Gasteiger partial charge in [0.1, 0.15) is 22.3 Å². The number of nitrogens with one attached hydrogen (secondary N) is 1. The summed E-state index contributed by atoms with van der Waals surface area (Å²) in [7, 11) is -4.61. The van der Waals surface area contributed by atoms with E-state index in [1.807, 2.05) is 0 Å². The van der Waals surface area contributed by atoms with Crippen LogP contribution in [0.15, 0.2) is 41.3 Å². The fraction of sp³-hybridized carbons (Fsp3) is 0.188. The lowest BCUT2D eigenvalue weighted by atomic mass is 9.83. The van der Waals surface area contributed by atoms with E-state index in [0.717, 1.165) is 12.1 Å². The van der Waals surface area contributed by atoms with E-state index < -0.39 is 43.7 Å². The molecule has 0 unspecified atom stereocenters. The first kappa shape index (κ1) is 19.3. The summed E-state index contributed by atoms with van der Waals surface area (Å²) in [4.78, 5) is 11.5. The first-order valence-electron chi connectivity index (χ1n) is 6.93. The van der Waals surface area contributed by atoms with Crippen molar-refractivity contribution in [3.8, 4) is 0 Å². The molecule has 0 aliphatic carbocycles. The Morgan fingerprint density at radius 1 is 1.04 bits per heavy atom. The molecule has 1 N–H and O–H groups in total. The molecule has 0 saturated carbocycles. The standard InChI is InChI=1S/C16H13ClF3NO3S/c1-16(2,11-5-3-9(17)7-12(11)19)15(22)21-25(23,24)14-6-4-10(18)8-13(14)20/h3-8H,1-2H3,(H,21,22). The van der Waals surface area contributed by atoms with Crippen molar-refractivity contribution in [3.63, 3.8) is 0 Å². The number of benzene rings is 2. The van der Waals surface area contributed by atoms with Crippen molar-refractivity contribution in [3.05, 3.63) is 64.4 Å². The number of carbonyl (C=O) groups excluding carboxylic acids is 1. The maximum atomic E-state index is 14.1. The van der Waals surface area contributed by atoms with E-state index >= 15 is 0 Å². The first-order valence-corrected chi connectivity index (χ1v) is 8.79. The monoisotopic (exact) mass is 391 g/mol. The third kappa shape index (κ3) is 3.96. The van der Waals surface area contributed by atoms with E-state index in [2.05, 4.69) is 0 Å². The van der Waals surface area contributed by atoms with Gasteiger partial charge in [-0.2, -0.15) is 0 Å². The molecule has 0 aromatic heterocycles. The average Bonchev–Trinajstić information content (AvgIpc) is 2.45. The van der Waals surface area contributed by atoms with Crippen LogP contribution in [0.2, 0.25) is 5.02 Å². The molecule has 0 heterocycles. The Kier molecular flexibility index (Phi) is 5.15. The summed E-state index contributed by atoms with van der Waals surface area (Å²) in [5.41, 5.74) is -1.69. The van der Waals surface area contributed by atoms with Crippen molar-refractivity contribution in [2.45, 2.75) is 24.2 Å². The molecule has 2 rings (SSSR count). The van der Waals surface area contributed by atoms with Crippen LogP contribution in [0.4, 0.5) is 13.2 Å². The molecule has 0 radical (unpaired) electrons. The summed E-state index contributed by atoms with van der Waals surface area (Å²) in [5.74, 6) is -4.20. The third-order valence-electron chi connectivity index (χ3n) is 3.58. The van der Waals surface area contributed by atoms with Gasteiger partial charge >= 0.3 is 0 Å². The van der Waals surface area contributed by atoms with Crippen LogP contribution in [0.25, 0.3) is 0 Å². The van der Waals surface area contributed by atoms with Crippen LogP contribution in [-0.4, -0.2) is 14.3 Å². The van der Waals surface area contributed by atoms with Crippen LogP contribution >= 0.6 is 11.6 Å². The molecular formula is C16H13ClF3NO3S. The number of hydrogen-bond acceptors (Lipinski definition) is 3. The van der Waals surface area contributed by atoms with Crippen molar-refractivity contribution in [1.29, 1.82) is 0 Å². The molecule has 0 aliphatic rings. The van der Waals surface area contributed by atoms with Gasteiger partial charge in [0.25, 0.3) is 10.0 Å². The van der Waals surface area contributed by atoms with E-state index in [1.54, 1.807) is 4.72 Å². The van der Waals surface area contributed by atoms with Crippen LogP contribution in [0.1, 0.15) is 19.4 Å². The molecule has 9 heteroatoms. The maximum absolute atomic E-state index is 14.1. The van der Waals surface area contributed by atoms with Gasteiger partial charge in [0, 0.05) is 16.7 Å². The molecule has 2 aromatic carbocycles. The minimum atomic E-state index is -4.61. The highest BCUT2D eigenvalue weighted by molar-refractivity contribution is 7.90. The normalized spacial score (nSPS) is 12.1. The summed E-state index contributed by atoms with van der Waals surface area (Å²) in [6, 6.07) is 5.40. The van der Waals surface area contributed by atoms with Crippen LogP contribution in [0, 0.1) is 17.5 Å². The fourth-order valence-corrected chi connectivity index (χ4v) is 3.45. The van der Waals surface area contributed by atoms with Gasteiger partial charge in [-0.3, -0.25) is 4.79 Å². The second-order valence-corrected chi connectivity index (χ2v) is 7.85. The average molecular weight is 392 g/mol. The zero-order valence-electron chi connectivity index (χ0n) is 13.1. The number of hydrogen-bond donors (Lipinski definition) is 1. The number of halogens is 4. The van der Waals surface area contributed by atoms with E-state index in [-0.39, 0.29) is 10.6 Å². The Morgan fingerprint density at radius 2 is 1.68 bits per heavy atom. The second-order valence-electron chi connectivity index (χ2n) is 5.76. The third-order valence-corrected chi connectivity index (χ3v) is 5.18. The van der Waals surface area contributed by atoms with Crippen LogP contribution in [0.3, 0.4) is 0 Å². The zero-order chi connectivity index (χ0) is 19.0. The van der Waals surface area contributed by atoms with Gasteiger partial charge < -0.3 is 0 Å². The highest BCUT2D eigenvalue weighted by atomic mass is 35.5. The lowest BCUT2D eigenvalue weighted by Crippen LogP contribution is -2.43. The molecule has 0 atom stereocenters. The van der Waals surface area contributed by atoms with Gasteiger partial charge in [-0.05, 0) is 38.1 Å². The van der Waals surface area contributed by atoms with Gasteiger partial charge in [0.15, 0.2) is 0 Å². The SMILES string of the molecule is CC(C)(C(=O)NS(=O)(=O)c1ccc(F)cc1F)c1ccc(Cl)cc1F. The Balaban J connectivity index is 2.36. The lowest BCUT2D eigenvalue weighted by molar-refractivity contribution is -0.123. The molecule has 25 heavy (non-hydrogen) atoms. The summed E-state index contributed by atoms with van der Waals surface area (Å²) in [5, 5.41) is 0.110. The highest BCUT2D eigenvalue weighted by Gasteiger charge is 2.36. The molecule has 1 amide bonds. The Morgan fingerprint density at radius 3 is 2.24 bits per heavy atom. The summed E-state index contributed by atoms with van der Waals surface area (Å²) < 4.78 is 66.7. The van der Waals surface area contributed by atoms with Crippen LogP contribution in [-0.2, 0) is 20.2 Å². The first-order chi connectivity index (χ1) is 11.4. The van der Waals surface area contributed by atoms with Gasteiger partial charge in [-0.15, -0.1) is 0 Å². The van der Waals surface area contributed by atoms with Crippen molar-refractivity contribution >= 4 is 27.5 Å². The van der Waals surface area contributed by atoms with Crippen LogP contribution < -0.4 is 4.72 Å². The Labute approximate surface area is 147 Å². The second kappa shape index (κ2) is 6.68. The number of rotatable bonds is 4. The van der Waals surface area contributed by atoms with Gasteiger partial charge in [-0.1, -0.05) is 17.7 Å². The van der Waals surface area contributed by atoms with Crippen molar-refractivity contribution < 1.29 is 26.4 Å². The Hall–Kier alpha value is -2.06. The summed E-state index contributed by atoms with van der Waals surface area (Å²) in [6.45, 7) is 2.59. The maximum Gasteiger partial charge on any atom is 0.266 e. The van der Waals surface area contributed by atoms with Crippen molar-refractivity contribution in [2.75, 3.05) is 0 Å². The van der Waals surface area contributed by atoms with Crippen molar-refractivity contribution in [1.82, 2.24) is 4.72 Å². The minimum Gasteiger partial charge on any atom is -0.273 e. The topological polar surface area (TPSA) is 63.2 Å². The van der Waals surface area contributed by atoms with Gasteiger partial charge in [0.2, 0.25) is 5.91 Å². The lowest BCUT2D eigenvalue weighted by Gasteiger charge is -2.24. The fourth-order valence-electron chi connectivity index (χ4n) is 2.12.